The fourth-order valence-corrected chi connectivity index (χ4v) is 10.4. The van der Waals surface area contributed by atoms with Crippen LogP contribution in [0.25, 0.3) is 0 Å². The lowest BCUT2D eigenvalue weighted by molar-refractivity contribution is -0.167. The number of unbranched alkanes of at least 4 members (excludes halogenated alkanes) is 42. The summed E-state index contributed by atoms with van der Waals surface area (Å²) < 4.78 is 17.0. The average Bonchev–Trinajstić information content (AvgIpc) is 3.46. The predicted octanol–water partition coefficient (Wildman–Crippen LogP) is 24.4. The predicted molar refractivity (Wildman–Crippen MR) is 353 cm³/mol. The van der Waals surface area contributed by atoms with E-state index >= 15 is 0 Å². The second-order valence-corrected chi connectivity index (χ2v) is 23.8. The summed E-state index contributed by atoms with van der Waals surface area (Å²) in [5.41, 5.74) is 0. The Morgan fingerprint density at radius 2 is 0.506 bits per heavy atom. The van der Waals surface area contributed by atoms with Gasteiger partial charge in [-0.05, 0) is 83.5 Å². The molecule has 470 valence electrons. The van der Waals surface area contributed by atoms with Gasteiger partial charge < -0.3 is 14.2 Å². The Hall–Kier alpha value is -3.15. The molecule has 0 bridgehead atoms. The minimum Gasteiger partial charge on any atom is -0.462 e. The first-order valence-corrected chi connectivity index (χ1v) is 35.4. The highest BCUT2D eigenvalue weighted by molar-refractivity contribution is 5.71. The van der Waals surface area contributed by atoms with E-state index < -0.39 is 6.10 Å². The van der Waals surface area contributed by atoms with Gasteiger partial charge in [0.05, 0.1) is 0 Å². The van der Waals surface area contributed by atoms with Crippen molar-refractivity contribution >= 4 is 17.9 Å². The van der Waals surface area contributed by atoms with Gasteiger partial charge in [-0.15, -0.1) is 0 Å². The van der Waals surface area contributed by atoms with E-state index in [2.05, 4.69) is 93.7 Å². The fraction of sp³-hybridized carbons (Fsp3) is 0.800. The first-order chi connectivity index (χ1) is 40.0. The Morgan fingerprint density at radius 1 is 0.259 bits per heavy atom. The average molecular weight is 1130 g/mol. The maximum Gasteiger partial charge on any atom is 0.306 e. The zero-order chi connectivity index (χ0) is 58.5. The van der Waals surface area contributed by atoms with Gasteiger partial charge in [0.2, 0.25) is 0 Å². The van der Waals surface area contributed by atoms with Crippen LogP contribution in [0.4, 0.5) is 0 Å². The van der Waals surface area contributed by atoms with Gasteiger partial charge in [-0.3, -0.25) is 14.4 Å². The molecule has 6 nitrogen and oxygen atoms in total. The monoisotopic (exact) mass is 1130 g/mol. The molecular weight excluding hydrogens is 997 g/mol. The lowest BCUT2D eigenvalue weighted by Gasteiger charge is -2.18. The van der Waals surface area contributed by atoms with E-state index in [4.69, 9.17) is 14.2 Å². The third-order valence-corrected chi connectivity index (χ3v) is 15.7. The maximum absolute atomic E-state index is 12.9. The van der Waals surface area contributed by atoms with E-state index in [1.54, 1.807) is 0 Å². The number of hydrogen-bond acceptors (Lipinski definition) is 6. The second kappa shape index (κ2) is 69.3. The van der Waals surface area contributed by atoms with Crippen LogP contribution in [0.3, 0.4) is 0 Å². The van der Waals surface area contributed by atoms with Crippen molar-refractivity contribution in [2.24, 2.45) is 0 Å². The van der Waals surface area contributed by atoms with Crippen LogP contribution in [0.1, 0.15) is 367 Å². The number of carbonyl (C=O) groups is 3. The highest BCUT2D eigenvalue weighted by atomic mass is 16.6. The third-order valence-electron chi connectivity index (χ3n) is 15.7. The van der Waals surface area contributed by atoms with Crippen LogP contribution >= 0.6 is 0 Å². The van der Waals surface area contributed by atoms with Crippen molar-refractivity contribution in [3.05, 3.63) is 72.9 Å². The summed E-state index contributed by atoms with van der Waals surface area (Å²) in [7, 11) is 0. The Kier molecular flexibility index (Phi) is 66.6. The summed E-state index contributed by atoms with van der Waals surface area (Å²) in [6, 6.07) is 0. The van der Waals surface area contributed by atoms with Crippen molar-refractivity contribution in [2.75, 3.05) is 13.2 Å². The molecule has 0 aromatic heterocycles. The van der Waals surface area contributed by atoms with E-state index in [0.717, 1.165) is 109 Å². The molecule has 0 aliphatic heterocycles. The normalized spacial score (nSPS) is 12.5. The Labute approximate surface area is 503 Å². The quantitative estimate of drug-likeness (QED) is 0.0261. The molecule has 1 unspecified atom stereocenters. The lowest BCUT2D eigenvalue weighted by Crippen LogP contribution is -2.30. The zero-order valence-electron chi connectivity index (χ0n) is 54.1. The highest BCUT2D eigenvalue weighted by Crippen LogP contribution is 2.18. The summed E-state index contributed by atoms with van der Waals surface area (Å²) in [4.78, 5) is 38.4. The molecule has 0 rings (SSSR count). The van der Waals surface area contributed by atoms with Crippen molar-refractivity contribution in [3.8, 4) is 0 Å². The first kappa shape index (κ1) is 77.9. The first-order valence-electron chi connectivity index (χ1n) is 35.4. The molecule has 0 saturated carbocycles. The molecule has 81 heavy (non-hydrogen) atoms. The number of esters is 3. The van der Waals surface area contributed by atoms with E-state index in [0.29, 0.717) is 19.3 Å². The van der Waals surface area contributed by atoms with Gasteiger partial charge in [-0.2, -0.15) is 0 Å². The lowest BCUT2D eigenvalue weighted by atomic mass is 10.0. The number of hydrogen-bond donors (Lipinski definition) is 0. The Morgan fingerprint density at radius 3 is 0.802 bits per heavy atom. The number of rotatable bonds is 65. The van der Waals surface area contributed by atoms with Crippen LogP contribution in [0.2, 0.25) is 0 Å². The largest absolute Gasteiger partial charge is 0.462 e. The van der Waals surface area contributed by atoms with Crippen LogP contribution in [-0.2, 0) is 28.6 Å². The van der Waals surface area contributed by atoms with E-state index in [1.807, 2.05) is 0 Å². The van der Waals surface area contributed by atoms with Crippen molar-refractivity contribution in [2.45, 2.75) is 374 Å². The molecule has 0 amide bonds. The molecule has 0 saturated heterocycles. The third kappa shape index (κ3) is 67.5. The smallest absolute Gasteiger partial charge is 0.306 e. The summed E-state index contributed by atoms with van der Waals surface area (Å²) >= 11 is 0. The van der Waals surface area contributed by atoms with Crippen molar-refractivity contribution in [3.63, 3.8) is 0 Å². The topological polar surface area (TPSA) is 78.9 Å². The van der Waals surface area contributed by atoms with Crippen LogP contribution in [-0.4, -0.2) is 37.2 Å². The maximum atomic E-state index is 12.9. The second-order valence-electron chi connectivity index (χ2n) is 23.8. The SMILES string of the molecule is CC/C=C\C/C=C\C/C=C\C/C=C\CCCCCCCCCCCCC(=O)OC(COC(=O)CCCCCCC/C=C\C/C=C\CCC)COC(=O)CCCCCCCCCCCCCCCCCCCCCCCCCCCCC. The number of carbonyl (C=O) groups excluding carboxylic acids is 3. The summed E-state index contributed by atoms with van der Waals surface area (Å²) in [5, 5.41) is 0. The van der Waals surface area contributed by atoms with Gasteiger partial charge in [-0.1, -0.05) is 338 Å². The standard InChI is InChI=1S/C75H134O6/c1-4-7-10-13-16-19-22-25-27-29-31-33-35-36-37-38-40-41-43-45-47-50-53-56-59-62-65-68-74(77)80-71-72(70-79-73(76)67-64-61-58-55-52-49-24-21-18-15-12-9-6-3)81-75(78)69-66-63-60-57-54-51-48-46-44-42-39-34-32-30-28-26-23-20-17-14-11-8-5-2/h8,11-12,15,17,20-21,24,26,28,32,34,72H,4-7,9-10,13-14,16,18-19,22-23,25,27,29-31,33,35-71H2,1-3H3/b11-8-,15-12-,20-17-,24-21-,28-26-,34-32-. The number of allylic oxidation sites excluding steroid dienone is 12. The molecule has 0 fully saturated rings. The van der Waals surface area contributed by atoms with Gasteiger partial charge in [0, 0.05) is 19.3 Å². The van der Waals surface area contributed by atoms with Crippen LogP contribution < -0.4 is 0 Å². The molecule has 0 heterocycles. The van der Waals surface area contributed by atoms with Gasteiger partial charge in [-0.25, -0.2) is 0 Å². The van der Waals surface area contributed by atoms with Crippen LogP contribution in [0.5, 0.6) is 0 Å². The summed E-state index contributed by atoms with van der Waals surface area (Å²) in [6.45, 7) is 6.51. The fourth-order valence-electron chi connectivity index (χ4n) is 10.4. The van der Waals surface area contributed by atoms with E-state index in [-0.39, 0.29) is 31.1 Å². The molecule has 1 atom stereocenters. The van der Waals surface area contributed by atoms with Gasteiger partial charge in [0.25, 0.3) is 0 Å². The van der Waals surface area contributed by atoms with Crippen LogP contribution in [0.15, 0.2) is 72.9 Å². The molecular formula is C75H134O6. The number of ether oxygens (including phenoxy) is 3. The van der Waals surface area contributed by atoms with Gasteiger partial charge in [0.15, 0.2) is 6.10 Å². The van der Waals surface area contributed by atoms with E-state index in [1.165, 1.54) is 218 Å². The van der Waals surface area contributed by atoms with Crippen molar-refractivity contribution < 1.29 is 28.6 Å². The van der Waals surface area contributed by atoms with Crippen LogP contribution in [0, 0.1) is 0 Å². The van der Waals surface area contributed by atoms with Gasteiger partial charge in [0.1, 0.15) is 13.2 Å². The van der Waals surface area contributed by atoms with Gasteiger partial charge >= 0.3 is 17.9 Å². The molecule has 0 aromatic carbocycles. The van der Waals surface area contributed by atoms with Crippen molar-refractivity contribution in [1.29, 1.82) is 0 Å². The molecule has 0 N–H and O–H groups in total. The molecule has 0 aromatic rings. The highest BCUT2D eigenvalue weighted by Gasteiger charge is 2.19. The molecule has 0 aliphatic carbocycles. The van der Waals surface area contributed by atoms with Crippen molar-refractivity contribution in [1.82, 2.24) is 0 Å². The molecule has 0 spiro atoms. The molecule has 6 heteroatoms. The summed E-state index contributed by atoms with van der Waals surface area (Å²) in [6.07, 6.45) is 90.8. The Balaban J connectivity index is 4.24. The minimum absolute atomic E-state index is 0.0781. The minimum atomic E-state index is -0.784. The van der Waals surface area contributed by atoms with E-state index in [9.17, 15) is 14.4 Å². The summed E-state index contributed by atoms with van der Waals surface area (Å²) in [5.74, 6) is -0.877. The molecule has 0 radical (unpaired) electrons. The molecule has 0 aliphatic rings. The Bertz CT molecular complexity index is 1490. The zero-order valence-corrected chi connectivity index (χ0v) is 54.1.